The zero-order valence-corrected chi connectivity index (χ0v) is 12.9. The molecule has 2 rings (SSSR count). The Morgan fingerprint density at radius 1 is 1.43 bits per heavy atom. The van der Waals surface area contributed by atoms with Gasteiger partial charge in [-0.15, -0.1) is 0 Å². The van der Waals surface area contributed by atoms with Crippen LogP contribution >= 0.6 is 0 Å². The van der Waals surface area contributed by atoms with Gasteiger partial charge in [-0.1, -0.05) is 0 Å². The normalized spacial score (nSPS) is 15.0. The number of nitrogens with zero attached hydrogens (tertiary/aromatic N) is 1. The van der Waals surface area contributed by atoms with Crippen molar-refractivity contribution < 1.29 is 17.6 Å². The lowest BCUT2D eigenvalue weighted by molar-refractivity contribution is 0.0756. The second-order valence-electron chi connectivity index (χ2n) is 5.41. The number of carbonyl (C=O) groups is 1. The molecule has 1 aromatic carbocycles. The first-order valence-electron chi connectivity index (χ1n) is 6.86. The molecule has 0 unspecified atom stereocenters. The van der Waals surface area contributed by atoms with Gasteiger partial charge in [-0.2, -0.15) is 0 Å². The Balaban J connectivity index is 2.38. The van der Waals surface area contributed by atoms with E-state index in [0.717, 1.165) is 25.0 Å². The van der Waals surface area contributed by atoms with Crippen LogP contribution < -0.4 is 5.14 Å². The van der Waals surface area contributed by atoms with Gasteiger partial charge in [0.2, 0.25) is 10.0 Å². The van der Waals surface area contributed by atoms with Gasteiger partial charge in [0.05, 0.1) is 4.90 Å². The maximum absolute atomic E-state index is 13.9. The smallest absolute Gasteiger partial charge is 0.254 e. The SMILES string of the molecule is CCN(CC1CC1)C(=O)c1cc(F)c(C)c(S(N)(=O)=O)c1. The summed E-state index contributed by atoms with van der Waals surface area (Å²) < 4.78 is 36.9. The Labute approximate surface area is 124 Å². The minimum Gasteiger partial charge on any atom is -0.339 e. The molecule has 1 saturated carbocycles. The fourth-order valence-electron chi connectivity index (χ4n) is 2.22. The molecule has 0 atom stereocenters. The topological polar surface area (TPSA) is 80.5 Å². The van der Waals surface area contributed by atoms with Crippen molar-refractivity contribution in [2.45, 2.75) is 31.6 Å². The maximum Gasteiger partial charge on any atom is 0.254 e. The van der Waals surface area contributed by atoms with Crippen molar-refractivity contribution in [2.75, 3.05) is 13.1 Å². The van der Waals surface area contributed by atoms with E-state index in [1.54, 1.807) is 4.90 Å². The van der Waals surface area contributed by atoms with Gasteiger partial charge in [0.1, 0.15) is 5.82 Å². The zero-order valence-electron chi connectivity index (χ0n) is 12.1. The predicted molar refractivity (Wildman–Crippen MR) is 76.8 cm³/mol. The largest absolute Gasteiger partial charge is 0.339 e. The number of carbonyl (C=O) groups excluding carboxylic acids is 1. The van der Waals surface area contributed by atoms with Crippen molar-refractivity contribution in [1.82, 2.24) is 4.90 Å². The number of hydrogen-bond acceptors (Lipinski definition) is 3. The number of nitrogens with two attached hydrogens (primary N) is 1. The Bertz CT molecular complexity index is 669. The van der Waals surface area contributed by atoms with Crippen LogP contribution in [0.25, 0.3) is 0 Å². The van der Waals surface area contributed by atoms with Crippen molar-refractivity contribution in [3.05, 3.63) is 29.1 Å². The highest BCUT2D eigenvalue weighted by atomic mass is 32.2. The average Bonchev–Trinajstić information content (AvgIpc) is 3.20. The Morgan fingerprint density at radius 3 is 2.52 bits per heavy atom. The second-order valence-corrected chi connectivity index (χ2v) is 6.94. The van der Waals surface area contributed by atoms with Gasteiger partial charge in [0, 0.05) is 24.2 Å². The molecule has 1 aromatic rings. The van der Waals surface area contributed by atoms with Gasteiger partial charge in [-0.25, -0.2) is 17.9 Å². The maximum atomic E-state index is 13.9. The molecule has 1 fully saturated rings. The Hall–Kier alpha value is -1.47. The third kappa shape index (κ3) is 3.59. The van der Waals surface area contributed by atoms with Crippen LogP contribution in [0, 0.1) is 18.7 Å². The van der Waals surface area contributed by atoms with E-state index in [0.29, 0.717) is 19.0 Å². The zero-order chi connectivity index (χ0) is 15.8. The first-order valence-corrected chi connectivity index (χ1v) is 8.41. The van der Waals surface area contributed by atoms with Gasteiger partial charge in [0.15, 0.2) is 0 Å². The molecule has 1 amide bonds. The van der Waals surface area contributed by atoms with Crippen LogP contribution in [0.4, 0.5) is 4.39 Å². The van der Waals surface area contributed by atoms with E-state index in [9.17, 15) is 17.6 Å². The van der Waals surface area contributed by atoms with Gasteiger partial charge in [0.25, 0.3) is 5.91 Å². The van der Waals surface area contributed by atoms with Crippen molar-refractivity contribution >= 4 is 15.9 Å². The minimum atomic E-state index is -4.07. The molecule has 0 aromatic heterocycles. The number of primary sulfonamides is 1. The fourth-order valence-corrected chi connectivity index (χ4v) is 3.04. The Kier molecular flexibility index (Phi) is 4.34. The molecule has 7 heteroatoms. The van der Waals surface area contributed by atoms with Crippen molar-refractivity contribution in [1.29, 1.82) is 0 Å². The van der Waals surface area contributed by atoms with Crippen LogP contribution in [-0.4, -0.2) is 32.3 Å². The van der Waals surface area contributed by atoms with Gasteiger partial charge in [-0.05, 0) is 44.7 Å². The highest BCUT2D eigenvalue weighted by Gasteiger charge is 2.27. The van der Waals surface area contributed by atoms with Gasteiger partial charge < -0.3 is 4.90 Å². The molecule has 0 aliphatic heterocycles. The van der Waals surface area contributed by atoms with Crippen LogP contribution in [0.5, 0.6) is 0 Å². The van der Waals surface area contributed by atoms with Crippen LogP contribution in [-0.2, 0) is 10.0 Å². The molecule has 0 bridgehead atoms. The molecule has 5 nitrogen and oxygen atoms in total. The number of halogens is 1. The summed E-state index contributed by atoms with van der Waals surface area (Å²) in [6, 6.07) is 2.23. The molecule has 21 heavy (non-hydrogen) atoms. The number of rotatable bonds is 5. The summed E-state index contributed by atoms with van der Waals surface area (Å²) in [6.45, 7) is 4.28. The summed E-state index contributed by atoms with van der Waals surface area (Å²) in [5, 5.41) is 5.08. The summed E-state index contributed by atoms with van der Waals surface area (Å²) >= 11 is 0. The molecule has 0 radical (unpaired) electrons. The number of benzene rings is 1. The summed E-state index contributed by atoms with van der Waals surface area (Å²) in [7, 11) is -4.07. The molecule has 0 heterocycles. The highest BCUT2D eigenvalue weighted by Crippen LogP contribution is 2.30. The summed E-state index contributed by atoms with van der Waals surface area (Å²) in [4.78, 5) is 13.7. The second kappa shape index (κ2) is 5.73. The highest BCUT2D eigenvalue weighted by molar-refractivity contribution is 7.89. The summed E-state index contributed by atoms with van der Waals surface area (Å²) in [6.07, 6.45) is 2.18. The van der Waals surface area contributed by atoms with Crippen LogP contribution in [0.3, 0.4) is 0 Å². The van der Waals surface area contributed by atoms with Gasteiger partial charge >= 0.3 is 0 Å². The molecular formula is C14H19FN2O3S. The lowest BCUT2D eigenvalue weighted by Gasteiger charge is -2.21. The third-order valence-corrected chi connectivity index (χ3v) is 4.73. The van der Waals surface area contributed by atoms with Crippen LogP contribution in [0.2, 0.25) is 0 Å². The van der Waals surface area contributed by atoms with E-state index < -0.39 is 15.8 Å². The van der Waals surface area contributed by atoms with E-state index in [-0.39, 0.29) is 21.9 Å². The lowest BCUT2D eigenvalue weighted by Crippen LogP contribution is -2.33. The first kappa shape index (κ1) is 15.9. The van der Waals surface area contributed by atoms with E-state index in [2.05, 4.69) is 0 Å². The summed E-state index contributed by atoms with van der Waals surface area (Å²) in [5.74, 6) is -0.609. The van der Waals surface area contributed by atoms with Crippen molar-refractivity contribution in [2.24, 2.45) is 11.1 Å². The van der Waals surface area contributed by atoms with E-state index >= 15 is 0 Å². The minimum absolute atomic E-state index is 0.0182. The molecule has 2 N–H and O–H groups in total. The van der Waals surface area contributed by atoms with Crippen molar-refractivity contribution in [3.63, 3.8) is 0 Å². The van der Waals surface area contributed by atoms with E-state index in [1.807, 2.05) is 6.92 Å². The molecule has 0 spiro atoms. The number of hydrogen-bond donors (Lipinski definition) is 1. The monoisotopic (exact) mass is 314 g/mol. The number of sulfonamides is 1. The number of amides is 1. The molecule has 1 aliphatic rings. The molecule has 1 aliphatic carbocycles. The predicted octanol–water partition coefficient (Wildman–Crippen LogP) is 1.65. The molecule has 0 saturated heterocycles. The van der Waals surface area contributed by atoms with E-state index in [1.165, 1.54) is 6.92 Å². The first-order chi connectivity index (χ1) is 9.74. The van der Waals surface area contributed by atoms with Crippen LogP contribution in [0.1, 0.15) is 35.7 Å². The van der Waals surface area contributed by atoms with Crippen molar-refractivity contribution in [3.8, 4) is 0 Å². The van der Waals surface area contributed by atoms with Gasteiger partial charge in [-0.3, -0.25) is 4.79 Å². The fraction of sp³-hybridized carbons (Fsp3) is 0.500. The Morgan fingerprint density at radius 2 is 2.05 bits per heavy atom. The lowest BCUT2D eigenvalue weighted by atomic mass is 10.1. The molecule has 116 valence electrons. The third-order valence-electron chi connectivity index (χ3n) is 3.69. The quantitative estimate of drug-likeness (QED) is 0.897. The summed E-state index contributed by atoms with van der Waals surface area (Å²) in [5.41, 5.74) is -0.0519. The molecular weight excluding hydrogens is 295 g/mol. The standard InChI is InChI=1S/C14H19FN2O3S/c1-3-17(8-10-4-5-10)14(18)11-6-12(15)9(2)13(7-11)21(16,19)20/h6-7,10H,3-5,8H2,1-2H3,(H2,16,19,20). The van der Waals surface area contributed by atoms with E-state index in [4.69, 9.17) is 5.14 Å². The van der Waals surface area contributed by atoms with Crippen LogP contribution in [0.15, 0.2) is 17.0 Å². The average molecular weight is 314 g/mol.